The molecule has 1 N–H and O–H groups in total. The summed E-state index contributed by atoms with van der Waals surface area (Å²) in [6.07, 6.45) is 0.912. The van der Waals surface area contributed by atoms with Crippen LogP contribution in [0.5, 0.6) is 11.5 Å². The first kappa shape index (κ1) is 16.1. The van der Waals surface area contributed by atoms with E-state index in [1.165, 1.54) is 5.56 Å². The summed E-state index contributed by atoms with van der Waals surface area (Å²) in [5, 5.41) is 3.40. The summed E-state index contributed by atoms with van der Waals surface area (Å²) in [7, 11) is 1.69. The molecular weight excluding hydrogens is 270 g/mol. The lowest BCUT2D eigenvalue weighted by molar-refractivity contribution is 0.0806. The van der Waals surface area contributed by atoms with Crippen LogP contribution in [0.1, 0.15) is 24.9 Å². The van der Waals surface area contributed by atoms with Gasteiger partial charge in [0.25, 0.3) is 0 Å². The Hall–Kier alpha value is -1.30. The molecule has 0 aliphatic carbocycles. The van der Waals surface area contributed by atoms with Crippen LogP contribution in [-0.4, -0.2) is 46.7 Å². The fourth-order valence-corrected chi connectivity index (χ4v) is 2.32. The average molecular weight is 295 g/mol. The molecule has 1 atom stereocenters. The summed E-state index contributed by atoms with van der Waals surface area (Å²) < 4.78 is 21.8. The second-order valence-electron chi connectivity index (χ2n) is 4.93. The van der Waals surface area contributed by atoms with E-state index in [1.807, 2.05) is 12.1 Å². The maximum atomic E-state index is 5.69. The average Bonchev–Trinajstić information content (AvgIpc) is 2.89. The molecule has 1 heterocycles. The Morgan fingerprint density at radius 2 is 2.14 bits per heavy atom. The molecule has 0 fully saturated rings. The Kier molecular flexibility index (Phi) is 6.79. The van der Waals surface area contributed by atoms with Gasteiger partial charge in [0.15, 0.2) is 0 Å². The number of methoxy groups -OCH3 is 1. The van der Waals surface area contributed by atoms with Crippen LogP contribution in [0.3, 0.4) is 0 Å². The maximum Gasteiger partial charge on any atom is 0.127 e. The molecule has 2 rings (SSSR count). The molecule has 5 heteroatoms. The number of fused-ring (bicyclic) bond motifs is 1. The fraction of sp³-hybridized carbons (Fsp3) is 0.625. The highest BCUT2D eigenvalue weighted by atomic mass is 16.5. The molecule has 0 amide bonds. The molecule has 0 aromatic heterocycles. The first-order valence-corrected chi connectivity index (χ1v) is 7.54. The molecule has 1 aliphatic heterocycles. The van der Waals surface area contributed by atoms with E-state index in [9.17, 15) is 0 Å². The third kappa shape index (κ3) is 4.88. The Bertz CT molecular complexity index is 425. The molecule has 1 aliphatic rings. The van der Waals surface area contributed by atoms with Crippen LogP contribution in [0.2, 0.25) is 0 Å². The number of hydrogen-bond donors (Lipinski definition) is 1. The van der Waals surface area contributed by atoms with Crippen LogP contribution < -0.4 is 14.8 Å². The van der Waals surface area contributed by atoms with Crippen molar-refractivity contribution in [3.8, 4) is 11.5 Å². The molecule has 1 aromatic rings. The van der Waals surface area contributed by atoms with E-state index < -0.39 is 0 Å². The van der Waals surface area contributed by atoms with Gasteiger partial charge in [-0.15, -0.1) is 0 Å². The fourth-order valence-electron chi connectivity index (χ4n) is 2.32. The van der Waals surface area contributed by atoms with Crippen LogP contribution in [0.4, 0.5) is 0 Å². The zero-order valence-electron chi connectivity index (χ0n) is 12.9. The third-order valence-electron chi connectivity index (χ3n) is 3.35. The third-order valence-corrected chi connectivity index (χ3v) is 3.35. The molecule has 0 saturated heterocycles. The van der Waals surface area contributed by atoms with Crippen LogP contribution >= 0.6 is 0 Å². The van der Waals surface area contributed by atoms with E-state index in [2.05, 4.69) is 18.3 Å². The molecule has 5 nitrogen and oxygen atoms in total. The van der Waals surface area contributed by atoms with Crippen molar-refractivity contribution in [3.05, 3.63) is 23.8 Å². The highest BCUT2D eigenvalue weighted by molar-refractivity contribution is 5.45. The minimum absolute atomic E-state index is 0.295. The van der Waals surface area contributed by atoms with Crippen molar-refractivity contribution in [3.63, 3.8) is 0 Å². The number of benzene rings is 1. The van der Waals surface area contributed by atoms with Gasteiger partial charge in [0.05, 0.1) is 12.6 Å². The van der Waals surface area contributed by atoms with Gasteiger partial charge in [-0.3, -0.25) is 0 Å². The predicted octanol–water partition coefficient (Wildman–Crippen LogP) is 2.16. The van der Waals surface area contributed by atoms with Gasteiger partial charge in [0, 0.05) is 32.0 Å². The smallest absolute Gasteiger partial charge is 0.127 e. The van der Waals surface area contributed by atoms with Crippen molar-refractivity contribution in [2.75, 3.05) is 46.7 Å². The number of hydrogen-bond acceptors (Lipinski definition) is 5. The largest absolute Gasteiger partial charge is 0.491 e. The highest BCUT2D eigenvalue weighted by Gasteiger charge is 2.23. The zero-order chi connectivity index (χ0) is 14.9. The number of nitrogens with one attached hydrogen (secondary N) is 1. The summed E-state index contributed by atoms with van der Waals surface area (Å²) in [5.74, 6) is 1.74. The van der Waals surface area contributed by atoms with E-state index in [4.69, 9.17) is 18.9 Å². The second-order valence-corrected chi connectivity index (χ2v) is 4.93. The van der Waals surface area contributed by atoms with Crippen molar-refractivity contribution >= 4 is 0 Å². The molecule has 0 radical (unpaired) electrons. The Morgan fingerprint density at radius 1 is 1.24 bits per heavy atom. The first-order valence-electron chi connectivity index (χ1n) is 7.54. The molecule has 0 bridgehead atoms. The summed E-state index contributed by atoms with van der Waals surface area (Å²) in [5.41, 5.74) is 1.21. The minimum Gasteiger partial charge on any atom is -0.491 e. The van der Waals surface area contributed by atoms with Crippen molar-refractivity contribution < 1.29 is 18.9 Å². The molecule has 0 spiro atoms. The monoisotopic (exact) mass is 295 g/mol. The standard InChI is InChI=1S/C16H25NO4/c1-3-17-15-12-21-16-11-13(5-6-14(15)16)20-10-9-19-8-4-7-18-2/h5-6,11,15,17H,3-4,7-10,12H2,1-2H3. The second kappa shape index (κ2) is 8.87. The minimum atomic E-state index is 0.295. The quantitative estimate of drug-likeness (QED) is 0.670. The lowest BCUT2D eigenvalue weighted by Gasteiger charge is -2.10. The first-order chi connectivity index (χ1) is 10.3. The Morgan fingerprint density at radius 3 is 2.95 bits per heavy atom. The van der Waals surface area contributed by atoms with Crippen LogP contribution in [0, 0.1) is 0 Å². The summed E-state index contributed by atoms with van der Waals surface area (Å²) in [4.78, 5) is 0. The Labute approximate surface area is 126 Å². The van der Waals surface area contributed by atoms with Gasteiger partial charge in [-0.25, -0.2) is 0 Å². The van der Waals surface area contributed by atoms with Crippen molar-refractivity contribution in [1.82, 2.24) is 5.32 Å². The van der Waals surface area contributed by atoms with Crippen molar-refractivity contribution in [2.24, 2.45) is 0 Å². The van der Waals surface area contributed by atoms with Gasteiger partial charge in [-0.1, -0.05) is 6.92 Å². The number of rotatable bonds is 10. The van der Waals surface area contributed by atoms with E-state index in [1.54, 1.807) is 7.11 Å². The summed E-state index contributed by atoms with van der Waals surface area (Å²) >= 11 is 0. The SMILES string of the molecule is CCNC1COc2cc(OCCOCCCOC)ccc21. The topological polar surface area (TPSA) is 49.0 Å². The lowest BCUT2D eigenvalue weighted by atomic mass is 10.1. The van der Waals surface area contributed by atoms with E-state index in [-0.39, 0.29) is 0 Å². The van der Waals surface area contributed by atoms with Gasteiger partial charge >= 0.3 is 0 Å². The zero-order valence-corrected chi connectivity index (χ0v) is 12.9. The normalized spacial score (nSPS) is 16.6. The van der Waals surface area contributed by atoms with E-state index in [0.717, 1.165) is 31.1 Å². The van der Waals surface area contributed by atoms with Gasteiger partial charge in [-0.2, -0.15) is 0 Å². The van der Waals surface area contributed by atoms with Crippen molar-refractivity contribution in [1.29, 1.82) is 0 Å². The van der Waals surface area contributed by atoms with Gasteiger partial charge in [-0.05, 0) is 25.1 Å². The van der Waals surface area contributed by atoms with Crippen LogP contribution in [-0.2, 0) is 9.47 Å². The Balaban J connectivity index is 1.71. The van der Waals surface area contributed by atoms with Gasteiger partial charge in [0.2, 0.25) is 0 Å². The molecule has 118 valence electrons. The van der Waals surface area contributed by atoms with Crippen LogP contribution in [0.25, 0.3) is 0 Å². The van der Waals surface area contributed by atoms with Gasteiger partial charge in [0.1, 0.15) is 24.7 Å². The number of ether oxygens (including phenoxy) is 4. The van der Waals surface area contributed by atoms with Crippen molar-refractivity contribution in [2.45, 2.75) is 19.4 Å². The molecular formula is C16H25NO4. The number of likely N-dealkylation sites (N-methyl/N-ethyl adjacent to an activating group) is 1. The lowest BCUT2D eigenvalue weighted by Crippen LogP contribution is -2.21. The van der Waals surface area contributed by atoms with Crippen LogP contribution in [0.15, 0.2) is 18.2 Å². The predicted molar refractivity (Wildman–Crippen MR) is 81.2 cm³/mol. The molecule has 1 aromatic carbocycles. The summed E-state index contributed by atoms with van der Waals surface area (Å²) in [6.45, 7) is 6.29. The highest BCUT2D eigenvalue weighted by Crippen LogP contribution is 2.35. The summed E-state index contributed by atoms with van der Waals surface area (Å²) in [6, 6.07) is 6.31. The molecule has 1 unspecified atom stereocenters. The van der Waals surface area contributed by atoms with E-state index >= 15 is 0 Å². The molecule has 21 heavy (non-hydrogen) atoms. The molecule has 0 saturated carbocycles. The maximum absolute atomic E-state index is 5.69. The van der Waals surface area contributed by atoms with Gasteiger partial charge < -0.3 is 24.3 Å². The van der Waals surface area contributed by atoms with E-state index in [0.29, 0.717) is 32.5 Å².